The van der Waals surface area contributed by atoms with Gasteiger partial charge in [0.05, 0.1) is 16.7 Å². The maximum atomic E-state index is 14.8. The highest BCUT2D eigenvalue weighted by atomic mass is 32.2. The second-order valence-electron chi connectivity index (χ2n) is 7.87. The van der Waals surface area contributed by atoms with Gasteiger partial charge in [-0.1, -0.05) is 12.1 Å². The molecule has 166 valence electrons. The molecule has 1 atom stereocenters. The predicted molar refractivity (Wildman–Crippen MR) is 96.9 cm³/mol. The Hall–Kier alpha value is -2.08. The van der Waals surface area contributed by atoms with Gasteiger partial charge in [-0.05, 0) is 37.0 Å². The standard InChI is InChI=1S/C18H19F5N2O4S/c19-17(20,21)12-3-1-11(2-4-12)16-9-15(10-16,18(16,22)23)6-8-30(28,29)25-7-5-13(24)14(26)27/h1-4,7,13H,5-6,8-10,24H2,(H,26,27)/t13-,15?,16?/m0/s1. The number of nitrogens with two attached hydrogens (primary N) is 1. The highest BCUT2D eigenvalue weighted by molar-refractivity contribution is 7.90. The van der Waals surface area contributed by atoms with Crippen LogP contribution in [0.4, 0.5) is 22.0 Å². The van der Waals surface area contributed by atoms with E-state index < -0.39 is 56.3 Å². The number of carboxylic acid groups (broad SMARTS) is 1. The second-order valence-corrected chi connectivity index (χ2v) is 9.65. The van der Waals surface area contributed by atoms with Crippen LogP contribution in [-0.4, -0.2) is 43.4 Å². The molecule has 30 heavy (non-hydrogen) atoms. The summed E-state index contributed by atoms with van der Waals surface area (Å²) in [6.45, 7) is 0. The normalized spacial score (nSPS) is 28.6. The molecule has 0 saturated heterocycles. The summed E-state index contributed by atoms with van der Waals surface area (Å²) in [4.78, 5) is 10.6. The van der Waals surface area contributed by atoms with Crippen LogP contribution in [0.3, 0.4) is 0 Å². The first-order chi connectivity index (χ1) is 13.7. The number of benzene rings is 1. The van der Waals surface area contributed by atoms with E-state index in [2.05, 4.69) is 4.40 Å². The van der Waals surface area contributed by atoms with Crippen LogP contribution in [0.15, 0.2) is 28.7 Å². The lowest BCUT2D eigenvalue weighted by molar-refractivity contribution is -0.371. The zero-order valence-electron chi connectivity index (χ0n) is 15.5. The van der Waals surface area contributed by atoms with E-state index >= 15 is 0 Å². The summed E-state index contributed by atoms with van der Waals surface area (Å²) < 4.78 is 94.7. The number of alkyl halides is 5. The summed E-state index contributed by atoms with van der Waals surface area (Å²) in [5, 5.41) is 8.62. The molecule has 3 fully saturated rings. The summed E-state index contributed by atoms with van der Waals surface area (Å²) in [5.41, 5.74) is 1.29. The van der Waals surface area contributed by atoms with Gasteiger partial charge in [0.2, 0.25) is 0 Å². The Morgan fingerprint density at radius 1 is 1.23 bits per heavy atom. The van der Waals surface area contributed by atoms with Gasteiger partial charge in [0, 0.05) is 18.1 Å². The second kappa shape index (κ2) is 6.98. The topological polar surface area (TPSA) is 110 Å². The third kappa shape index (κ3) is 3.49. The van der Waals surface area contributed by atoms with Crippen LogP contribution < -0.4 is 5.73 Å². The maximum Gasteiger partial charge on any atom is 0.416 e. The number of hydrogen-bond acceptors (Lipinski definition) is 4. The minimum Gasteiger partial charge on any atom is -0.480 e. The molecular formula is C18H19F5N2O4S. The molecule has 3 aliphatic rings. The molecule has 0 unspecified atom stereocenters. The van der Waals surface area contributed by atoms with Crippen LogP contribution in [0.25, 0.3) is 0 Å². The van der Waals surface area contributed by atoms with E-state index in [0.29, 0.717) is 0 Å². The van der Waals surface area contributed by atoms with Gasteiger partial charge in [-0.25, -0.2) is 17.2 Å². The van der Waals surface area contributed by atoms with Crippen molar-refractivity contribution >= 4 is 22.2 Å². The van der Waals surface area contributed by atoms with Crippen molar-refractivity contribution in [2.75, 3.05) is 5.75 Å². The Morgan fingerprint density at radius 2 is 1.80 bits per heavy atom. The number of halogens is 5. The van der Waals surface area contributed by atoms with Gasteiger partial charge in [-0.2, -0.15) is 17.6 Å². The van der Waals surface area contributed by atoms with E-state index in [1.807, 2.05) is 0 Å². The molecule has 3 saturated carbocycles. The Labute approximate surface area is 169 Å². The third-order valence-electron chi connectivity index (χ3n) is 6.06. The Kier molecular flexibility index (Phi) is 5.26. The van der Waals surface area contributed by atoms with Crippen molar-refractivity contribution in [2.45, 2.75) is 49.2 Å². The van der Waals surface area contributed by atoms with Gasteiger partial charge >= 0.3 is 12.1 Å². The monoisotopic (exact) mass is 454 g/mol. The minimum atomic E-state index is -4.56. The Bertz CT molecular complexity index is 967. The van der Waals surface area contributed by atoms with E-state index in [9.17, 15) is 35.2 Å². The molecule has 0 amide bonds. The molecular weight excluding hydrogens is 435 g/mol. The fourth-order valence-corrected chi connectivity index (χ4v) is 5.35. The van der Waals surface area contributed by atoms with Crippen LogP contribution in [-0.2, 0) is 26.4 Å². The van der Waals surface area contributed by atoms with E-state index in [1.165, 1.54) is 0 Å². The first-order valence-corrected chi connectivity index (χ1v) is 10.6. The highest BCUT2D eigenvalue weighted by Crippen LogP contribution is 2.82. The van der Waals surface area contributed by atoms with Crippen LogP contribution in [0, 0.1) is 5.41 Å². The molecule has 6 nitrogen and oxygen atoms in total. The molecule has 3 N–H and O–H groups in total. The van der Waals surface area contributed by atoms with Gasteiger partial charge in [0.15, 0.2) is 0 Å². The summed E-state index contributed by atoms with van der Waals surface area (Å²) in [6.07, 6.45) is -4.47. The zero-order valence-corrected chi connectivity index (χ0v) is 16.3. The van der Waals surface area contributed by atoms with Gasteiger partial charge in [0.1, 0.15) is 6.04 Å². The number of rotatable bonds is 8. The van der Waals surface area contributed by atoms with E-state index in [0.717, 1.165) is 30.5 Å². The van der Waals surface area contributed by atoms with Gasteiger partial charge in [0.25, 0.3) is 15.9 Å². The van der Waals surface area contributed by atoms with Crippen LogP contribution >= 0.6 is 0 Å². The van der Waals surface area contributed by atoms with Crippen molar-refractivity contribution in [3.05, 3.63) is 35.4 Å². The largest absolute Gasteiger partial charge is 0.480 e. The lowest BCUT2D eigenvalue weighted by Gasteiger charge is -2.76. The van der Waals surface area contributed by atoms with E-state index in [1.54, 1.807) is 0 Å². The minimum absolute atomic E-state index is 0.0263. The maximum absolute atomic E-state index is 14.8. The smallest absolute Gasteiger partial charge is 0.416 e. The number of carbonyl (C=O) groups is 1. The molecule has 0 aromatic heterocycles. The van der Waals surface area contributed by atoms with Crippen LogP contribution in [0.5, 0.6) is 0 Å². The molecule has 3 aliphatic carbocycles. The van der Waals surface area contributed by atoms with Crippen molar-refractivity contribution < 1.29 is 40.3 Å². The summed E-state index contributed by atoms with van der Waals surface area (Å²) in [7, 11) is -4.08. The number of sulfonamides is 1. The lowest BCUT2D eigenvalue weighted by atomic mass is 9.30. The summed E-state index contributed by atoms with van der Waals surface area (Å²) in [6, 6.07) is 2.30. The van der Waals surface area contributed by atoms with Crippen molar-refractivity contribution in [3.63, 3.8) is 0 Å². The van der Waals surface area contributed by atoms with Crippen LogP contribution in [0.2, 0.25) is 0 Å². The molecule has 1 aromatic rings. The average Bonchev–Trinajstić information content (AvgIpc) is 2.59. The predicted octanol–water partition coefficient (Wildman–Crippen LogP) is 2.97. The van der Waals surface area contributed by atoms with Crippen molar-refractivity contribution in [1.82, 2.24) is 0 Å². The third-order valence-corrected chi connectivity index (χ3v) is 7.25. The fraction of sp³-hybridized carbons (Fsp3) is 0.556. The quantitative estimate of drug-likeness (QED) is 0.464. The van der Waals surface area contributed by atoms with E-state index in [-0.39, 0.29) is 31.2 Å². The number of nitrogens with zero attached hydrogens (tertiary/aromatic N) is 1. The fourth-order valence-electron chi connectivity index (χ4n) is 4.29. The lowest BCUT2D eigenvalue weighted by Crippen LogP contribution is -2.81. The van der Waals surface area contributed by atoms with Crippen LogP contribution in [0.1, 0.15) is 36.8 Å². The molecule has 0 aliphatic heterocycles. The van der Waals surface area contributed by atoms with E-state index in [4.69, 9.17) is 10.8 Å². The van der Waals surface area contributed by atoms with Gasteiger partial charge in [-0.3, -0.25) is 4.79 Å². The molecule has 1 aromatic carbocycles. The zero-order chi connectivity index (χ0) is 22.6. The molecule has 0 spiro atoms. The summed E-state index contributed by atoms with van der Waals surface area (Å²) in [5.74, 6) is -5.23. The number of aliphatic carboxylic acids is 1. The van der Waals surface area contributed by atoms with Crippen molar-refractivity contribution in [2.24, 2.45) is 15.5 Å². The molecule has 0 heterocycles. The number of carboxylic acids is 1. The first-order valence-electron chi connectivity index (χ1n) is 8.96. The van der Waals surface area contributed by atoms with Gasteiger partial charge < -0.3 is 10.8 Å². The van der Waals surface area contributed by atoms with Gasteiger partial charge in [-0.15, -0.1) is 0 Å². The molecule has 12 heteroatoms. The summed E-state index contributed by atoms with van der Waals surface area (Å²) >= 11 is 0. The van der Waals surface area contributed by atoms with Crippen molar-refractivity contribution in [1.29, 1.82) is 0 Å². The number of hydrogen-bond donors (Lipinski definition) is 2. The molecule has 2 bridgehead atoms. The average molecular weight is 454 g/mol. The molecule has 0 radical (unpaired) electrons. The SMILES string of the molecule is N[C@@H](CC=NS(=O)(=O)CCC12CC(c3ccc(C(F)(F)F)cc3)(C1)C2(F)F)C(=O)O. The Balaban J connectivity index is 1.63. The molecule has 4 rings (SSSR count). The Morgan fingerprint density at radius 3 is 2.27 bits per heavy atom. The van der Waals surface area contributed by atoms with Crippen molar-refractivity contribution in [3.8, 4) is 0 Å². The first kappa shape index (κ1) is 22.6. The highest BCUT2D eigenvalue weighted by Gasteiger charge is 2.87.